The van der Waals surface area contributed by atoms with Crippen molar-refractivity contribution in [2.24, 2.45) is 5.92 Å². The molecule has 1 aromatic rings. The number of rotatable bonds is 3. The lowest BCUT2D eigenvalue weighted by molar-refractivity contribution is -0.114. The predicted octanol–water partition coefficient (Wildman–Crippen LogP) is 2.60. The summed E-state index contributed by atoms with van der Waals surface area (Å²) < 4.78 is 5.53. The summed E-state index contributed by atoms with van der Waals surface area (Å²) in [6.45, 7) is 5.19. The number of carbonyl (C=O) groups excluding carboxylic acids is 2. The lowest BCUT2D eigenvalue weighted by atomic mass is 10.1. The van der Waals surface area contributed by atoms with Crippen molar-refractivity contribution in [3.8, 4) is 0 Å². The van der Waals surface area contributed by atoms with Gasteiger partial charge in [0, 0.05) is 24.8 Å². The highest BCUT2D eigenvalue weighted by atomic mass is 16.5. The molecule has 1 saturated carbocycles. The molecule has 1 aromatic carbocycles. The second kappa shape index (κ2) is 6.58. The molecule has 2 N–H and O–H groups in total. The number of anilines is 2. The van der Waals surface area contributed by atoms with Crippen LogP contribution in [0.5, 0.6) is 0 Å². The molecule has 2 aliphatic rings. The molecule has 23 heavy (non-hydrogen) atoms. The fourth-order valence-electron chi connectivity index (χ4n) is 3.03. The zero-order chi connectivity index (χ0) is 16.4. The highest BCUT2D eigenvalue weighted by molar-refractivity contribution is 5.94. The number of ether oxygens (including phenoxy) is 1. The Labute approximate surface area is 136 Å². The van der Waals surface area contributed by atoms with E-state index in [9.17, 15) is 9.59 Å². The molecule has 1 saturated heterocycles. The molecule has 0 unspecified atom stereocenters. The number of urea groups is 1. The Balaban J connectivity index is 1.73. The summed E-state index contributed by atoms with van der Waals surface area (Å²) >= 11 is 0. The van der Waals surface area contributed by atoms with Crippen LogP contribution in [0.25, 0.3) is 0 Å². The number of amides is 3. The molecule has 1 aliphatic heterocycles. The summed E-state index contributed by atoms with van der Waals surface area (Å²) in [5.41, 5.74) is 2.30. The van der Waals surface area contributed by atoms with Crippen LogP contribution in [0, 0.1) is 12.8 Å². The highest BCUT2D eigenvalue weighted by Gasteiger charge is 2.39. The quantitative estimate of drug-likeness (QED) is 0.900. The van der Waals surface area contributed by atoms with Crippen molar-refractivity contribution >= 4 is 23.3 Å². The average Bonchev–Trinajstić information content (AvgIpc) is 3.35. The van der Waals surface area contributed by atoms with E-state index in [0.717, 1.165) is 16.9 Å². The number of benzene rings is 1. The Hall–Kier alpha value is -2.08. The first-order valence-electron chi connectivity index (χ1n) is 8.09. The van der Waals surface area contributed by atoms with Gasteiger partial charge in [0.2, 0.25) is 5.91 Å². The Bertz CT molecular complexity index is 613. The van der Waals surface area contributed by atoms with Gasteiger partial charge in [-0.15, -0.1) is 0 Å². The minimum atomic E-state index is -0.126. The molecule has 0 aromatic heterocycles. The molecule has 0 spiro atoms. The van der Waals surface area contributed by atoms with Crippen LogP contribution in [0.1, 0.15) is 25.3 Å². The largest absolute Gasteiger partial charge is 0.377 e. The van der Waals surface area contributed by atoms with E-state index >= 15 is 0 Å². The molecule has 2 fully saturated rings. The number of hydrogen-bond acceptors (Lipinski definition) is 3. The van der Waals surface area contributed by atoms with Crippen molar-refractivity contribution in [2.75, 3.05) is 30.4 Å². The second-order valence-corrected chi connectivity index (χ2v) is 6.26. The summed E-state index contributed by atoms with van der Waals surface area (Å²) in [5, 5.41) is 5.77. The van der Waals surface area contributed by atoms with E-state index in [1.165, 1.54) is 19.8 Å². The maximum absolute atomic E-state index is 12.7. The Kier molecular flexibility index (Phi) is 4.52. The molecule has 0 bridgehead atoms. The Morgan fingerprint density at radius 1 is 1.22 bits per heavy atom. The molecular weight excluding hydrogens is 294 g/mol. The van der Waals surface area contributed by atoms with Gasteiger partial charge in [-0.2, -0.15) is 0 Å². The summed E-state index contributed by atoms with van der Waals surface area (Å²) in [4.78, 5) is 25.8. The van der Waals surface area contributed by atoms with E-state index in [1.807, 2.05) is 30.0 Å². The van der Waals surface area contributed by atoms with Crippen molar-refractivity contribution < 1.29 is 14.3 Å². The van der Waals surface area contributed by atoms with E-state index in [2.05, 4.69) is 10.6 Å². The third-order valence-electron chi connectivity index (χ3n) is 4.48. The van der Waals surface area contributed by atoms with E-state index in [-0.39, 0.29) is 18.0 Å². The number of hydrogen-bond donors (Lipinski definition) is 2. The normalized spacial score (nSPS) is 21.0. The lowest BCUT2D eigenvalue weighted by Crippen LogP contribution is -2.51. The van der Waals surface area contributed by atoms with Crippen LogP contribution in [0.15, 0.2) is 18.2 Å². The topological polar surface area (TPSA) is 70.7 Å². The smallest absolute Gasteiger partial charge is 0.322 e. The molecule has 124 valence electrons. The van der Waals surface area contributed by atoms with E-state index in [1.54, 1.807) is 0 Å². The molecule has 1 heterocycles. The van der Waals surface area contributed by atoms with Crippen LogP contribution in [0.2, 0.25) is 0 Å². The van der Waals surface area contributed by atoms with Gasteiger partial charge in [-0.3, -0.25) is 4.79 Å². The SMILES string of the molecule is CC(=O)Nc1cccc(NC(=O)N2CCOC[C@@H]2C2CC2)c1C. The van der Waals surface area contributed by atoms with Gasteiger partial charge in [0.25, 0.3) is 0 Å². The van der Waals surface area contributed by atoms with Crippen LogP contribution < -0.4 is 10.6 Å². The van der Waals surface area contributed by atoms with Crippen molar-refractivity contribution in [2.45, 2.75) is 32.7 Å². The number of nitrogens with one attached hydrogen (secondary N) is 2. The van der Waals surface area contributed by atoms with Crippen LogP contribution >= 0.6 is 0 Å². The summed E-state index contributed by atoms with van der Waals surface area (Å²) in [6.07, 6.45) is 2.35. The second-order valence-electron chi connectivity index (χ2n) is 6.26. The van der Waals surface area contributed by atoms with Crippen molar-refractivity contribution in [1.29, 1.82) is 0 Å². The van der Waals surface area contributed by atoms with Gasteiger partial charge in [-0.25, -0.2) is 4.79 Å². The van der Waals surface area contributed by atoms with E-state index < -0.39 is 0 Å². The minimum absolute atomic E-state index is 0.0896. The zero-order valence-electron chi connectivity index (χ0n) is 13.6. The predicted molar refractivity (Wildman–Crippen MR) is 88.5 cm³/mol. The minimum Gasteiger partial charge on any atom is -0.377 e. The van der Waals surface area contributed by atoms with Gasteiger partial charge in [-0.05, 0) is 43.4 Å². The van der Waals surface area contributed by atoms with Crippen molar-refractivity contribution in [3.63, 3.8) is 0 Å². The third kappa shape index (κ3) is 3.64. The number of carbonyl (C=O) groups is 2. The van der Waals surface area contributed by atoms with Gasteiger partial charge >= 0.3 is 6.03 Å². The van der Waals surface area contributed by atoms with E-state index in [4.69, 9.17) is 4.74 Å². The first-order chi connectivity index (χ1) is 11.1. The van der Waals surface area contributed by atoms with Gasteiger partial charge in [-0.1, -0.05) is 6.07 Å². The van der Waals surface area contributed by atoms with Crippen molar-refractivity contribution in [1.82, 2.24) is 4.90 Å². The van der Waals surface area contributed by atoms with Crippen LogP contribution in [-0.4, -0.2) is 42.6 Å². The molecule has 6 nitrogen and oxygen atoms in total. The summed E-state index contributed by atoms with van der Waals surface area (Å²) in [5.74, 6) is 0.450. The molecule has 1 aliphatic carbocycles. The highest BCUT2D eigenvalue weighted by Crippen LogP contribution is 2.36. The standard InChI is InChI=1S/C17H23N3O3/c1-11-14(18-12(2)21)4-3-5-15(11)19-17(22)20-8-9-23-10-16(20)13-6-7-13/h3-5,13,16H,6-10H2,1-2H3,(H,18,21)(H,19,22)/t16-/m1/s1. The molecule has 6 heteroatoms. The molecule has 3 amide bonds. The first-order valence-corrected chi connectivity index (χ1v) is 8.09. The monoisotopic (exact) mass is 317 g/mol. The first kappa shape index (κ1) is 15.8. The summed E-state index contributed by atoms with van der Waals surface area (Å²) in [7, 11) is 0. The maximum atomic E-state index is 12.7. The molecule has 3 rings (SSSR count). The average molecular weight is 317 g/mol. The van der Waals surface area contributed by atoms with Gasteiger partial charge in [0.15, 0.2) is 0 Å². The number of nitrogens with zero attached hydrogens (tertiary/aromatic N) is 1. The number of morpholine rings is 1. The lowest BCUT2D eigenvalue weighted by Gasteiger charge is -2.36. The van der Waals surface area contributed by atoms with Gasteiger partial charge in [0.05, 0.1) is 19.3 Å². The molecule has 0 radical (unpaired) electrons. The third-order valence-corrected chi connectivity index (χ3v) is 4.48. The van der Waals surface area contributed by atoms with Gasteiger partial charge in [0.1, 0.15) is 0 Å². The fraction of sp³-hybridized carbons (Fsp3) is 0.529. The van der Waals surface area contributed by atoms with E-state index in [0.29, 0.717) is 25.7 Å². The molecular formula is C17H23N3O3. The Morgan fingerprint density at radius 2 is 1.91 bits per heavy atom. The van der Waals surface area contributed by atoms with Crippen molar-refractivity contribution in [3.05, 3.63) is 23.8 Å². The summed E-state index contributed by atoms with van der Waals surface area (Å²) in [6, 6.07) is 5.60. The van der Waals surface area contributed by atoms with Crippen LogP contribution in [0.3, 0.4) is 0 Å². The Morgan fingerprint density at radius 3 is 2.57 bits per heavy atom. The van der Waals surface area contributed by atoms with Crippen LogP contribution in [-0.2, 0) is 9.53 Å². The van der Waals surface area contributed by atoms with Crippen LogP contribution in [0.4, 0.5) is 16.2 Å². The molecule has 1 atom stereocenters. The maximum Gasteiger partial charge on any atom is 0.322 e. The fourth-order valence-corrected chi connectivity index (χ4v) is 3.03. The van der Waals surface area contributed by atoms with Gasteiger partial charge < -0.3 is 20.3 Å². The zero-order valence-corrected chi connectivity index (χ0v) is 13.6.